The highest BCUT2D eigenvalue weighted by atomic mass is 28.4. The summed E-state index contributed by atoms with van der Waals surface area (Å²) < 4.78 is 23.7. The van der Waals surface area contributed by atoms with Crippen LogP contribution in [0.25, 0.3) is 0 Å². The van der Waals surface area contributed by atoms with Gasteiger partial charge in [-0.05, 0) is 49.2 Å². The third-order valence-electron chi connectivity index (χ3n) is 5.42. The maximum atomic E-state index is 6.54. The van der Waals surface area contributed by atoms with Crippen LogP contribution in [0.3, 0.4) is 0 Å². The molecule has 25 heavy (non-hydrogen) atoms. The number of methoxy groups -OCH3 is 1. The Labute approximate surface area is 153 Å². The summed E-state index contributed by atoms with van der Waals surface area (Å²) in [7, 11) is -0.0973. The molecule has 2 rings (SSSR count). The predicted octanol–water partition coefficient (Wildman–Crippen LogP) is 5.13. The van der Waals surface area contributed by atoms with Gasteiger partial charge in [0.05, 0.1) is 25.9 Å². The molecule has 142 valence electrons. The highest BCUT2D eigenvalue weighted by Crippen LogP contribution is 2.39. The molecule has 0 amide bonds. The Balaban J connectivity index is 1.82. The molecule has 1 saturated heterocycles. The molecule has 5 heteroatoms. The van der Waals surface area contributed by atoms with Crippen molar-refractivity contribution in [2.75, 3.05) is 7.11 Å². The van der Waals surface area contributed by atoms with Crippen LogP contribution in [-0.4, -0.2) is 33.9 Å². The third kappa shape index (κ3) is 5.54. The molecule has 0 spiro atoms. The van der Waals surface area contributed by atoms with Crippen molar-refractivity contribution in [3.8, 4) is 5.75 Å². The van der Waals surface area contributed by atoms with E-state index in [0.717, 1.165) is 24.2 Å². The lowest BCUT2D eigenvalue weighted by Crippen LogP contribution is -2.49. The molecule has 0 aliphatic carbocycles. The predicted molar refractivity (Wildman–Crippen MR) is 103 cm³/mol. The van der Waals surface area contributed by atoms with Gasteiger partial charge in [0.1, 0.15) is 5.75 Å². The Morgan fingerprint density at radius 2 is 1.76 bits per heavy atom. The Kier molecular flexibility index (Phi) is 6.71. The van der Waals surface area contributed by atoms with E-state index >= 15 is 0 Å². The van der Waals surface area contributed by atoms with Gasteiger partial charge in [0.2, 0.25) is 0 Å². The smallest absolute Gasteiger partial charge is 0.192 e. The van der Waals surface area contributed by atoms with Crippen LogP contribution in [0.4, 0.5) is 0 Å². The first-order chi connectivity index (χ1) is 11.6. The van der Waals surface area contributed by atoms with Crippen molar-refractivity contribution in [1.82, 2.24) is 0 Å². The molecule has 3 atom stereocenters. The maximum Gasteiger partial charge on any atom is 0.192 e. The van der Waals surface area contributed by atoms with Gasteiger partial charge in [0.15, 0.2) is 14.6 Å². The minimum Gasteiger partial charge on any atom is -0.497 e. The molecule has 0 radical (unpaired) electrons. The molecule has 2 unspecified atom stereocenters. The highest BCUT2D eigenvalue weighted by molar-refractivity contribution is 6.74. The summed E-state index contributed by atoms with van der Waals surface area (Å²) in [6.07, 6.45) is 1.93. The monoisotopic (exact) mass is 366 g/mol. The lowest BCUT2D eigenvalue weighted by molar-refractivity contribution is -0.219. The molecular formula is C20H34O4Si. The average molecular weight is 367 g/mol. The van der Waals surface area contributed by atoms with Gasteiger partial charge in [-0.15, -0.1) is 0 Å². The molecule has 1 aliphatic rings. The maximum absolute atomic E-state index is 6.54. The summed E-state index contributed by atoms with van der Waals surface area (Å²) in [5.41, 5.74) is 1.12. The van der Waals surface area contributed by atoms with E-state index in [0.29, 0.717) is 6.61 Å². The van der Waals surface area contributed by atoms with Crippen molar-refractivity contribution in [3.05, 3.63) is 29.8 Å². The summed E-state index contributed by atoms with van der Waals surface area (Å²) in [6, 6.07) is 7.95. The second-order valence-electron chi connectivity index (χ2n) is 8.42. The minimum absolute atomic E-state index is 0.0590. The van der Waals surface area contributed by atoms with E-state index in [1.807, 2.05) is 24.3 Å². The van der Waals surface area contributed by atoms with E-state index in [2.05, 4.69) is 40.8 Å². The van der Waals surface area contributed by atoms with E-state index in [9.17, 15) is 0 Å². The normalized spacial score (nSPS) is 25.0. The number of rotatable bonds is 6. The summed E-state index contributed by atoms with van der Waals surface area (Å²) in [5.74, 6) is 0.858. The van der Waals surface area contributed by atoms with Crippen LogP contribution in [-0.2, 0) is 20.5 Å². The van der Waals surface area contributed by atoms with Crippen molar-refractivity contribution in [1.29, 1.82) is 0 Å². The van der Waals surface area contributed by atoms with Crippen molar-refractivity contribution >= 4 is 8.32 Å². The minimum atomic E-state index is -1.77. The van der Waals surface area contributed by atoms with Crippen molar-refractivity contribution in [2.24, 2.45) is 0 Å². The van der Waals surface area contributed by atoms with Gasteiger partial charge in [-0.1, -0.05) is 32.9 Å². The van der Waals surface area contributed by atoms with Gasteiger partial charge in [0, 0.05) is 6.42 Å². The van der Waals surface area contributed by atoms with Crippen LogP contribution in [0.5, 0.6) is 5.75 Å². The van der Waals surface area contributed by atoms with Gasteiger partial charge >= 0.3 is 0 Å². The first-order valence-corrected chi connectivity index (χ1v) is 12.1. The van der Waals surface area contributed by atoms with Crippen LogP contribution < -0.4 is 4.74 Å². The average Bonchev–Trinajstić information content (AvgIpc) is 2.54. The van der Waals surface area contributed by atoms with Gasteiger partial charge < -0.3 is 18.6 Å². The Hall–Kier alpha value is -0.883. The Morgan fingerprint density at radius 3 is 2.28 bits per heavy atom. The summed E-state index contributed by atoms with van der Waals surface area (Å²) >= 11 is 0. The summed E-state index contributed by atoms with van der Waals surface area (Å²) in [4.78, 5) is 0. The van der Waals surface area contributed by atoms with Gasteiger partial charge in [-0.3, -0.25) is 0 Å². The summed E-state index contributed by atoms with van der Waals surface area (Å²) in [5, 5.41) is 0.217. The largest absolute Gasteiger partial charge is 0.497 e. The topological polar surface area (TPSA) is 36.9 Å². The van der Waals surface area contributed by atoms with E-state index < -0.39 is 8.32 Å². The quantitative estimate of drug-likeness (QED) is 0.654. The number of hydrogen-bond donors (Lipinski definition) is 0. The molecule has 1 fully saturated rings. The first kappa shape index (κ1) is 20.4. The fourth-order valence-corrected chi connectivity index (χ4v) is 4.09. The van der Waals surface area contributed by atoms with Crippen LogP contribution in [0.1, 0.15) is 46.1 Å². The summed E-state index contributed by atoms with van der Waals surface area (Å²) in [6.45, 7) is 14.1. The molecule has 0 N–H and O–H groups in total. The lowest BCUT2D eigenvalue weighted by atomic mass is 10.1. The molecule has 1 heterocycles. The molecule has 0 saturated carbocycles. The van der Waals surface area contributed by atoms with Gasteiger partial charge in [0.25, 0.3) is 0 Å². The second-order valence-corrected chi connectivity index (χ2v) is 13.2. The van der Waals surface area contributed by atoms with Gasteiger partial charge in [-0.25, -0.2) is 0 Å². The zero-order valence-corrected chi connectivity index (χ0v) is 17.8. The fourth-order valence-electron chi connectivity index (χ4n) is 2.67. The molecule has 1 aromatic rings. The zero-order valence-electron chi connectivity index (χ0n) is 16.8. The van der Waals surface area contributed by atoms with E-state index in [1.165, 1.54) is 0 Å². The van der Waals surface area contributed by atoms with Crippen LogP contribution in [0.2, 0.25) is 18.1 Å². The number of benzene rings is 1. The van der Waals surface area contributed by atoms with E-state index in [-0.39, 0.29) is 23.5 Å². The molecule has 4 nitrogen and oxygen atoms in total. The fraction of sp³-hybridized carbons (Fsp3) is 0.700. The first-order valence-electron chi connectivity index (χ1n) is 9.20. The third-order valence-corrected chi connectivity index (χ3v) is 9.93. The van der Waals surface area contributed by atoms with Crippen LogP contribution in [0.15, 0.2) is 24.3 Å². The molecule has 0 aromatic heterocycles. The highest BCUT2D eigenvalue weighted by Gasteiger charge is 2.41. The van der Waals surface area contributed by atoms with Crippen molar-refractivity contribution in [3.63, 3.8) is 0 Å². The molecule has 0 bridgehead atoms. The van der Waals surface area contributed by atoms with E-state index in [1.54, 1.807) is 7.11 Å². The van der Waals surface area contributed by atoms with Crippen LogP contribution >= 0.6 is 0 Å². The zero-order chi connectivity index (χ0) is 18.7. The lowest BCUT2D eigenvalue weighted by Gasteiger charge is -2.43. The second kappa shape index (κ2) is 8.21. The van der Waals surface area contributed by atoms with Crippen molar-refractivity contribution in [2.45, 2.75) is 83.8 Å². The Bertz CT molecular complexity index is 536. The van der Waals surface area contributed by atoms with E-state index in [4.69, 9.17) is 18.6 Å². The number of hydrogen-bond acceptors (Lipinski definition) is 4. The molecular weight excluding hydrogens is 332 g/mol. The Morgan fingerprint density at radius 1 is 1.12 bits per heavy atom. The standard InChI is InChI=1S/C20H34O4Si/c1-15-18(24-25(6,7)20(2,3)4)12-13-19(23-15)22-14-16-8-10-17(21-5)11-9-16/h8-11,15,18-19H,12-14H2,1-7H3/t15-,18?,19?/m1/s1. The molecule has 1 aromatic carbocycles. The number of ether oxygens (including phenoxy) is 3. The van der Waals surface area contributed by atoms with Gasteiger partial charge in [-0.2, -0.15) is 0 Å². The SMILES string of the molecule is COc1ccc(COC2CCC(O[Si](C)(C)C(C)(C)C)[C@@H](C)O2)cc1. The van der Waals surface area contributed by atoms with Crippen molar-refractivity contribution < 1.29 is 18.6 Å². The van der Waals surface area contributed by atoms with Crippen LogP contribution in [0, 0.1) is 0 Å². The molecule has 1 aliphatic heterocycles.